The number of fused-ring (bicyclic) bond motifs is 1. The molecule has 35 heavy (non-hydrogen) atoms. The van der Waals surface area contributed by atoms with E-state index in [1.54, 1.807) is 27.5 Å². The van der Waals surface area contributed by atoms with Crippen LogP contribution in [0.2, 0.25) is 0 Å². The summed E-state index contributed by atoms with van der Waals surface area (Å²) in [6.45, 7) is 3.33. The molecule has 182 valence electrons. The Kier molecular flexibility index (Phi) is 6.44. The second-order valence-corrected chi connectivity index (χ2v) is 8.84. The maximum absolute atomic E-state index is 13.0. The van der Waals surface area contributed by atoms with Crippen molar-refractivity contribution in [3.63, 3.8) is 0 Å². The quantitative estimate of drug-likeness (QED) is 0.535. The highest BCUT2D eigenvalue weighted by Crippen LogP contribution is 2.38. The zero-order chi connectivity index (χ0) is 24.4. The van der Waals surface area contributed by atoms with Gasteiger partial charge in [0.2, 0.25) is 5.95 Å². The molecule has 2 aliphatic rings. The largest absolute Gasteiger partial charge is 0.497 e. The zero-order valence-corrected chi connectivity index (χ0v) is 20.4. The minimum Gasteiger partial charge on any atom is -0.497 e. The van der Waals surface area contributed by atoms with Crippen LogP contribution in [-0.4, -0.2) is 63.3 Å². The fraction of sp³-hybridized carbons (Fsp3) is 0.370. The lowest BCUT2D eigenvalue weighted by atomic mass is 9.82. The van der Waals surface area contributed by atoms with E-state index in [1.807, 2.05) is 30.3 Å². The Bertz CT molecular complexity index is 1220. The van der Waals surface area contributed by atoms with Gasteiger partial charge < -0.3 is 24.0 Å². The number of ether oxygens (including phenoxy) is 3. The first-order valence-electron chi connectivity index (χ1n) is 11.8. The van der Waals surface area contributed by atoms with Crippen molar-refractivity contribution in [3.05, 3.63) is 65.5 Å². The number of ketones is 1. The van der Waals surface area contributed by atoms with Crippen LogP contribution in [-0.2, 0) is 6.42 Å². The molecule has 1 aliphatic heterocycles. The molecule has 0 unspecified atom stereocenters. The molecular weight excluding hydrogens is 444 g/mol. The van der Waals surface area contributed by atoms with Gasteiger partial charge in [-0.1, -0.05) is 12.1 Å². The summed E-state index contributed by atoms with van der Waals surface area (Å²) in [4.78, 5) is 26.9. The maximum atomic E-state index is 13.0. The summed E-state index contributed by atoms with van der Waals surface area (Å²) in [6.07, 6.45) is 2.79. The highest BCUT2D eigenvalue weighted by Gasteiger charge is 2.31. The van der Waals surface area contributed by atoms with Crippen LogP contribution in [0, 0.1) is 0 Å². The number of carbonyl (C=O) groups excluding carboxylic acids is 1. The SMILES string of the molecule is COc1cccc(N2CCN(c3ncc4c(n3)C[C@H](c3ccc(OC)cc3OC)CC4=O)CC2)c1. The number of carbonyl (C=O) groups is 1. The van der Waals surface area contributed by atoms with E-state index in [1.165, 1.54) is 0 Å². The van der Waals surface area contributed by atoms with Crippen molar-refractivity contribution in [2.45, 2.75) is 18.8 Å². The molecule has 3 aromatic rings. The Morgan fingerprint density at radius 2 is 1.60 bits per heavy atom. The molecule has 0 spiro atoms. The van der Waals surface area contributed by atoms with Crippen molar-refractivity contribution in [2.24, 2.45) is 0 Å². The van der Waals surface area contributed by atoms with Gasteiger partial charge in [0, 0.05) is 62.5 Å². The van der Waals surface area contributed by atoms with Crippen LogP contribution in [0.5, 0.6) is 17.2 Å². The number of hydrogen-bond acceptors (Lipinski definition) is 8. The van der Waals surface area contributed by atoms with Gasteiger partial charge in [0.25, 0.3) is 0 Å². The van der Waals surface area contributed by atoms with E-state index in [9.17, 15) is 4.79 Å². The van der Waals surface area contributed by atoms with Crippen LogP contribution < -0.4 is 24.0 Å². The van der Waals surface area contributed by atoms with Gasteiger partial charge in [0.05, 0.1) is 32.6 Å². The molecule has 0 saturated carbocycles. The lowest BCUT2D eigenvalue weighted by Gasteiger charge is -2.36. The summed E-state index contributed by atoms with van der Waals surface area (Å²) >= 11 is 0. The molecular formula is C27H30N4O4. The van der Waals surface area contributed by atoms with Gasteiger partial charge in [-0.2, -0.15) is 0 Å². The molecule has 1 atom stereocenters. The normalized spacial score (nSPS) is 17.7. The van der Waals surface area contributed by atoms with Gasteiger partial charge in [-0.25, -0.2) is 9.97 Å². The van der Waals surface area contributed by atoms with Gasteiger partial charge >= 0.3 is 0 Å². The summed E-state index contributed by atoms with van der Waals surface area (Å²) in [7, 11) is 4.95. The van der Waals surface area contributed by atoms with E-state index in [0.29, 0.717) is 24.4 Å². The van der Waals surface area contributed by atoms with E-state index in [4.69, 9.17) is 19.2 Å². The van der Waals surface area contributed by atoms with Crippen molar-refractivity contribution in [3.8, 4) is 17.2 Å². The topological polar surface area (TPSA) is 77.0 Å². The third-order valence-corrected chi connectivity index (χ3v) is 6.89. The number of aromatic nitrogens is 2. The molecule has 1 aliphatic carbocycles. The molecule has 0 N–H and O–H groups in total. The molecule has 1 fully saturated rings. The number of hydrogen-bond donors (Lipinski definition) is 0. The minimum absolute atomic E-state index is 0.00325. The van der Waals surface area contributed by atoms with Crippen molar-refractivity contribution in [2.75, 3.05) is 57.3 Å². The summed E-state index contributed by atoms with van der Waals surface area (Å²) < 4.78 is 16.3. The minimum atomic E-state index is 0.00325. The Balaban J connectivity index is 1.33. The second-order valence-electron chi connectivity index (χ2n) is 8.84. The first-order valence-corrected chi connectivity index (χ1v) is 11.8. The fourth-order valence-corrected chi connectivity index (χ4v) is 4.93. The van der Waals surface area contributed by atoms with E-state index < -0.39 is 0 Å². The van der Waals surface area contributed by atoms with Crippen molar-refractivity contribution < 1.29 is 19.0 Å². The summed E-state index contributed by atoms with van der Waals surface area (Å²) in [6, 6.07) is 13.9. The monoisotopic (exact) mass is 474 g/mol. The average molecular weight is 475 g/mol. The van der Waals surface area contributed by atoms with Gasteiger partial charge in [-0.3, -0.25) is 4.79 Å². The van der Waals surface area contributed by atoms with Crippen molar-refractivity contribution >= 4 is 17.4 Å². The molecule has 1 saturated heterocycles. The highest BCUT2D eigenvalue weighted by molar-refractivity contribution is 5.98. The molecule has 2 heterocycles. The number of methoxy groups -OCH3 is 3. The zero-order valence-electron chi connectivity index (χ0n) is 20.4. The van der Waals surface area contributed by atoms with Crippen LogP contribution in [0.4, 0.5) is 11.6 Å². The standard InChI is InChI=1S/C27H30N4O4/c1-33-20-6-4-5-19(15-20)30-9-11-31(12-10-30)27-28-17-23-24(29-27)13-18(14-25(23)32)22-8-7-21(34-2)16-26(22)35-3/h4-8,15-18H,9-14H2,1-3H3/t18-/m0/s1. The third kappa shape index (κ3) is 4.60. The number of benzene rings is 2. The predicted molar refractivity (Wildman–Crippen MR) is 134 cm³/mol. The Hall–Kier alpha value is -3.81. The predicted octanol–water partition coefficient (Wildman–Crippen LogP) is 3.74. The molecule has 8 heteroatoms. The van der Waals surface area contributed by atoms with E-state index in [2.05, 4.69) is 26.9 Å². The summed E-state index contributed by atoms with van der Waals surface area (Å²) in [5.74, 6) is 3.08. The Labute approximate surface area is 205 Å². The molecule has 5 rings (SSSR count). The van der Waals surface area contributed by atoms with E-state index in [-0.39, 0.29) is 11.7 Å². The average Bonchev–Trinajstić information content (AvgIpc) is 2.92. The third-order valence-electron chi connectivity index (χ3n) is 6.89. The second kappa shape index (κ2) is 9.82. The summed E-state index contributed by atoms with van der Waals surface area (Å²) in [5, 5.41) is 0. The molecule has 0 bridgehead atoms. The van der Waals surface area contributed by atoms with Crippen LogP contribution >= 0.6 is 0 Å². The van der Waals surface area contributed by atoms with Crippen LogP contribution in [0.3, 0.4) is 0 Å². The van der Waals surface area contributed by atoms with Crippen LogP contribution in [0.15, 0.2) is 48.7 Å². The van der Waals surface area contributed by atoms with Gasteiger partial charge in [-0.15, -0.1) is 0 Å². The lowest BCUT2D eigenvalue weighted by molar-refractivity contribution is 0.0962. The Morgan fingerprint density at radius 1 is 0.857 bits per heavy atom. The van der Waals surface area contributed by atoms with Crippen LogP contribution in [0.25, 0.3) is 0 Å². The maximum Gasteiger partial charge on any atom is 0.225 e. The number of rotatable bonds is 6. The van der Waals surface area contributed by atoms with Crippen molar-refractivity contribution in [1.82, 2.24) is 9.97 Å². The molecule has 0 radical (unpaired) electrons. The number of Topliss-reactive ketones (excluding diaryl/α,β-unsaturated/α-hetero) is 1. The molecule has 8 nitrogen and oxygen atoms in total. The van der Waals surface area contributed by atoms with Gasteiger partial charge in [0.1, 0.15) is 17.2 Å². The lowest BCUT2D eigenvalue weighted by Crippen LogP contribution is -2.47. The number of anilines is 2. The smallest absolute Gasteiger partial charge is 0.225 e. The number of piperazine rings is 1. The van der Waals surface area contributed by atoms with Gasteiger partial charge in [-0.05, 0) is 30.2 Å². The summed E-state index contributed by atoms with van der Waals surface area (Å²) in [5.41, 5.74) is 3.59. The fourth-order valence-electron chi connectivity index (χ4n) is 4.93. The van der Waals surface area contributed by atoms with E-state index in [0.717, 1.165) is 60.4 Å². The van der Waals surface area contributed by atoms with Crippen molar-refractivity contribution in [1.29, 1.82) is 0 Å². The van der Waals surface area contributed by atoms with Crippen LogP contribution in [0.1, 0.15) is 34.0 Å². The van der Waals surface area contributed by atoms with Gasteiger partial charge in [0.15, 0.2) is 5.78 Å². The highest BCUT2D eigenvalue weighted by atomic mass is 16.5. The first kappa shape index (κ1) is 23.0. The number of nitrogens with zero attached hydrogens (tertiary/aromatic N) is 4. The van der Waals surface area contributed by atoms with E-state index >= 15 is 0 Å². The molecule has 1 aromatic heterocycles. The molecule has 0 amide bonds. The Morgan fingerprint density at radius 3 is 2.34 bits per heavy atom. The first-order chi connectivity index (χ1) is 17.1. The molecule has 2 aromatic carbocycles.